The molecule has 5 rings (SSSR count). The Labute approximate surface area is 184 Å². The van der Waals surface area contributed by atoms with Crippen LogP contribution in [0, 0.1) is 5.92 Å². The number of carbonyl (C=O) groups excluding carboxylic acids is 3. The Morgan fingerprint density at radius 3 is 2.64 bits per heavy atom. The number of nitrogens with zero attached hydrogens (tertiary/aromatic N) is 4. The lowest BCUT2D eigenvalue weighted by atomic mass is 9.79. The van der Waals surface area contributed by atoms with E-state index in [-0.39, 0.29) is 30.1 Å². The van der Waals surface area contributed by atoms with Gasteiger partial charge in [0.15, 0.2) is 0 Å². The SMILES string of the molecule is O=C(O)C1=C(/C=C2\CCN(c3cccnc3)C2=O)C[C@@H]2CN(C(=O)C(F)(F)F)[C@@H]3C(=O)N1[C@H]23. The van der Waals surface area contributed by atoms with E-state index in [2.05, 4.69) is 4.98 Å². The van der Waals surface area contributed by atoms with E-state index < -0.39 is 42.0 Å². The zero-order valence-electron chi connectivity index (χ0n) is 17.0. The Bertz CT molecular complexity index is 1150. The van der Waals surface area contributed by atoms with Crippen LogP contribution in [0.25, 0.3) is 0 Å². The number of likely N-dealkylation sites (tertiary alicyclic amines) is 1. The molecule has 0 spiro atoms. The fraction of sp³-hybridized carbons (Fsp3) is 0.381. The number of allylic oxidation sites excluding steroid dienone is 2. The number of alkyl halides is 3. The molecular formula is C21H17F3N4O5. The first-order valence-corrected chi connectivity index (χ1v) is 10.2. The second-order valence-electron chi connectivity index (χ2n) is 8.33. The summed E-state index contributed by atoms with van der Waals surface area (Å²) in [4.78, 5) is 56.3. The molecule has 33 heavy (non-hydrogen) atoms. The summed E-state index contributed by atoms with van der Waals surface area (Å²) < 4.78 is 39.0. The predicted molar refractivity (Wildman–Crippen MR) is 104 cm³/mol. The first-order chi connectivity index (χ1) is 15.6. The van der Waals surface area contributed by atoms with Crippen LogP contribution < -0.4 is 4.90 Å². The van der Waals surface area contributed by atoms with E-state index in [1.54, 1.807) is 18.3 Å². The van der Waals surface area contributed by atoms with Crippen LogP contribution in [0.1, 0.15) is 12.8 Å². The van der Waals surface area contributed by atoms with E-state index in [1.165, 1.54) is 17.2 Å². The summed E-state index contributed by atoms with van der Waals surface area (Å²) in [6.07, 6.45) is -0.251. The van der Waals surface area contributed by atoms with Gasteiger partial charge in [0.2, 0.25) is 0 Å². The smallest absolute Gasteiger partial charge is 0.471 e. The molecule has 5 heterocycles. The van der Waals surface area contributed by atoms with Gasteiger partial charge in [0.25, 0.3) is 11.8 Å². The molecule has 0 aromatic carbocycles. The number of hydrogen-bond donors (Lipinski definition) is 1. The number of carboxylic acid groups (broad SMARTS) is 1. The van der Waals surface area contributed by atoms with E-state index in [1.807, 2.05) is 0 Å². The average molecular weight is 462 g/mol. The average Bonchev–Trinajstić information content (AvgIpc) is 3.31. The molecule has 172 valence electrons. The topological polar surface area (TPSA) is 111 Å². The minimum atomic E-state index is -5.13. The van der Waals surface area contributed by atoms with Crippen molar-refractivity contribution in [3.63, 3.8) is 0 Å². The largest absolute Gasteiger partial charge is 0.477 e. The highest BCUT2D eigenvalue weighted by molar-refractivity contribution is 6.09. The van der Waals surface area contributed by atoms with Gasteiger partial charge in [-0.2, -0.15) is 13.2 Å². The number of hydrogen-bond acceptors (Lipinski definition) is 5. The number of anilines is 1. The lowest BCUT2D eigenvalue weighted by Gasteiger charge is -2.49. The number of rotatable bonds is 3. The van der Waals surface area contributed by atoms with Crippen molar-refractivity contribution in [3.8, 4) is 0 Å². The van der Waals surface area contributed by atoms with Gasteiger partial charge in [-0.1, -0.05) is 0 Å². The third kappa shape index (κ3) is 3.11. The summed E-state index contributed by atoms with van der Waals surface area (Å²) >= 11 is 0. The molecule has 0 unspecified atom stereocenters. The summed E-state index contributed by atoms with van der Waals surface area (Å²) in [6.45, 7) is 0.0436. The lowest BCUT2D eigenvalue weighted by Crippen LogP contribution is -2.70. The van der Waals surface area contributed by atoms with Crippen LogP contribution in [0.3, 0.4) is 0 Å². The Kier molecular flexibility index (Phi) is 4.59. The number of amides is 3. The second kappa shape index (κ2) is 7.15. The van der Waals surface area contributed by atoms with Gasteiger partial charge < -0.3 is 14.9 Å². The minimum absolute atomic E-state index is 0.0396. The fourth-order valence-corrected chi connectivity index (χ4v) is 5.19. The molecule has 3 fully saturated rings. The summed E-state index contributed by atoms with van der Waals surface area (Å²) in [6, 6.07) is 1.26. The first kappa shape index (κ1) is 21.2. The molecule has 4 aliphatic rings. The van der Waals surface area contributed by atoms with Gasteiger partial charge in [0, 0.05) is 30.8 Å². The third-order valence-corrected chi connectivity index (χ3v) is 6.53. The van der Waals surface area contributed by atoms with Crippen molar-refractivity contribution in [2.24, 2.45) is 5.92 Å². The standard InChI is InChI=1S/C21H17F3N4O5/c22-21(23,24)20(33)27-9-12-7-11(15(19(31)32)28-14(12)16(27)18(28)30)6-10-3-5-26(17(10)29)13-2-1-4-25-8-13/h1-2,4,6,8,12,14,16H,3,5,7,9H2,(H,31,32)/b10-6+/t12-,14-,16+/m1/s1. The van der Waals surface area contributed by atoms with Gasteiger partial charge in [-0.3, -0.25) is 24.3 Å². The first-order valence-electron chi connectivity index (χ1n) is 10.2. The van der Waals surface area contributed by atoms with Crippen molar-refractivity contribution in [3.05, 3.63) is 47.4 Å². The van der Waals surface area contributed by atoms with Crippen molar-refractivity contribution >= 4 is 29.4 Å². The van der Waals surface area contributed by atoms with E-state index in [0.717, 1.165) is 4.90 Å². The quantitative estimate of drug-likeness (QED) is 0.532. The molecule has 0 saturated carbocycles. The van der Waals surface area contributed by atoms with Crippen LogP contribution in [0.15, 0.2) is 47.4 Å². The van der Waals surface area contributed by atoms with E-state index in [9.17, 15) is 37.5 Å². The van der Waals surface area contributed by atoms with Gasteiger partial charge in [-0.05, 0) is 36.6 Å². The highest BCUT2D eigenvalue weighted by Gasteiger charge is 2.66. The van der Waals surface area contributed by atoms with Gasteiger partial charge in [-0.25, -0.2) is 4.79 Å². The molecule has 1 aromatic heterocycles. The molecular weight excluding hydrogens is 445 g/mol. The van der Waals surface area contributed by atoms with Crippen LogP contribution in [-0.2, 0) is 19.2 Å². The van der Waals surface area contributed by atoms with Gasteiger partial charge in [0.1, 0.15) is 11.7 Å². The highest BCUT2D eigenvalue weighted by Crippen LogP contribution is 2.48. The van der Waals surface area contributed by atoms with Crippen LogP contribution >= 0.6 is 0 Å². The van der Waals surface area contributed by atoms with Crippen LogP contribution in [0.4, 0.5) is 18.9 Å². The number of halogens is 3. The maximum atomic E-state index is 13.0. The Balaban J connectivity index is 1.46. The van der Waals surface area contributed by atoms with Crippen LogP contribution in [-0.4, -0.2) is 74.9 Å². The predicted octanol–water partition coefficient (Wildman–Crippen LogP) is 1.09. The van der Waals surface area contributed by atoms with Crippen molar-refractivity contribution in [2.75, 3.05) is 18.0 Å². The summed E-state index contributed by atoms with van der Waals surface area (Å²) in [5.74, 6) is -5.27. The van der Waals surface area contributed by atoms with Gasteiger partial charge in [-0.15, -0.1) is 0 Å². The Hall–Kier alpha value is -3.70. The van der Waals surface area contributed by atoms with Crippen LogP contribution in [0.5, 0.6) is 0 Å². The molecule has 0 bridgehead atoms. The monoisotopic (exact) mass is 462 g/mol. The molecule has 4 aliphatic heterocycles. The molecule has 1 aromatic rings. The molecule has 3 saturated heterocycles. The Morgan fingerprint density at radius 1 is 1.24 bits per heavy atom. The number of pyridine rings is 1. The van der Waals surface area contributed by atoms with E-state index >= 15 is 0 Å². The highest BCUT2D eigenvalue weighted by atomic mass is 19.4. The molecule has 9 nitrogen and oxygen atoms in total. The zero-order chi connectivity index (χ0) is 23.7. The summed E-state index contributed by atoms with van der Waals surface area (Å²) in [5, 5.41) is 9.77. The lowest BCUT2D eigenvalue weighted by molar-refractivity contribution is -0.190. The number of carboxylic acids is 1. The second-order valence-corrected chi connectivity index (χ2v) is 8.33. The maximum absolute atomic E-state index is 13.0. The maximum Gasteiger partial charge on any atom is 0.471 e. The van der Waals surface area contributed by atoms with Gasteiger partial charge in [0.05, 0.1) is 17.9 Å². The van der Waals surface area contributed by atoms with Crippen molar-refractivity contribution < 1.29 is 37.5 Å². The summed E-state index contributed by atoms with van der Waals surface area (Å²) in [5.41, 5.74) is 0.754. The number of β-lactam (4-membered cyclic amide) rings is 1. The fourth-order valence-electron chi connectivity index (χ4n) is 5.19. The third-order valence-electron chi connectivity index (χ3n) is 6.53. The Morgan fingerprint density at radius 2 is 2.00 bits per heavy atom. The molecule has 3 amide bonds. The normalized spacial score (nSPS) is 27.9. The molecule has 12 heteroatoms. The van der Waals surface area contributed by atoms with E-state index in [4.69, 9.17) is 0 Å². The van der Waals surface area contributed by atoms with Crippen molar-refractivity contribution in [1.82, 2.24) is 14.8 Å². The van der Waals surface area contributed by atoms with Crippen LogP contribution in [0.2, 0.25) is 0 Å². The van der Waals surface area contributed by atoms with Gasteiger partial charge >= 0.3 is 18.1 Å². The number of aromatic nitrogens is 1. The molecule has 0 aliphatic carbocycles. The zero-order valence-corrected chi connectivity index (χ0v) is 17.0. The molecule has 1 N–H and O–H groups in total. The molecule has 0 radical (unpaired) electrons. The number of aliphatic carboxylic acids is 1. The number of carbonyl (C=O) groups is 4. The van der Waals surface area contributed by atoms with E-state index in [0.29, 0.717) is 29.1 Å². The van der Waals surface area contributed by atoms with Crippen molar-refractivity contribution in [2.45, 2.75) is 31.1 Å². The minimum Gasteiger partial charge on any atom is -0.477 e. The van der Waals surface area contributed by atoms with Crippen molar-refractivity contribution in [1.29, 1.82) is 0 Å². The molecule has 3 atom stereocenters. The summed E-state index contributed by atoms with van der Waals surface area (Å²) in [7, 11) is 0.